The van der Waals surface area contributed by atoms with Crippen LogP contribution in [0.15, 0.2) is 47.9 Å². The Bertz CT molecular complexity index is 1880. The van der Waals surface area contributed by atoms with Gasteiger partial charge in [0, 0.05) is 55.2 Å². The summed E-state index contributed by atoms with van der Waals surface area (Å²) in [5.74, 6) is -2.50. The number of aliphatic hydroxyl groups excluding tert-OH is 1. The van der Waals surface area contributed by atoms with Crippen LogP contribution in [0.1, 0.15) is 97.1 Å². The van der Waals surface area contributed by atoms with Crippen LogP contribution in [0.2, 0.25) is 20.1 Å². The second-order valence-electron chi connectivity index (χ2n) is 13.4. The van der Waals surface area contributed by atoms with E-state index in [0.717, 1.165) is 12.8 Å². The minimum Gasteiger partial charge on any atom is -0.507 e. The van der Waals surface area contributed by atoms with Gasteiger partial charge in [-0.1, -0.05) is 58.5 Å². The number of carbonyl (C=O) groups is 5. The van der Waals surface area contributed by atoms with E-state index in [1.165, 1.54) is 20.8 Å². The molecule has 0 unspecified atom stereocenters. The topological polar surface area (TPSA) is 161 Å². The van der Waals surface area contributed by atoms with Crippen molar-refractivity contribution in [1.82, 2.24) is 0 Å². The summed E-state index contributed by atoms with van der Waals surface area (Å²) in [4.78, 5) is 56.4. The second-order valence-corrected chi connectivity index (χ2v) is 15.1. The van der Waals surface area contributed by atoms with Crippen molar-refractivity contribution in [3.63, 3.8) is 0 Å². The van der Waals surface area contributed by atoms with E-state index in [2.05, 4.69) is 4.74 Å². The van der Waals surface area contributed by atoms with Gasteiger partial charge in [0.25, 0.3) is 0 Å². The van der Waals surface area contributed by atoms with Crippen LogP contribution in [-0.2, 0) is 52.4 Å². The standard InChI is InChI=1S/C19H20Cl2O5.C17H18Cl2O4.C4H6O3/c1-3-24-13-6-8-19(9-7-13)17(25-11(2)22)16(18(23)26-19)14-5-4-12(20)10-15(14)21;1-2-22-11-5-7-17(8-6-11)15(20)14(16(21)23-17)12-4-3-10(18)9-13(12)19;1-3(5)7-4(2)6/h4-5,10,13H,3,6-9H2,1-2H3;3-4,9,11,20H,2,5-8H2,1H3;1-2H3. The fraction of sp³-hybridized carbons (Fsp3) is 0.475. The molecule has 2 fully saturated rings. The number of aliphatic hydroxyl groups is 1. The Morgan fingerprint density at radius 3 is 1.48 bits per heavy atom. The first-order chi connectivity index (χ1) is 26.5. The van der Waals surface area contributed by atoms with Gasteiger partial charge in [-0.15, -0.1) is 0 Å². The van der Waals surface area contributed by atoms with E-state index in [1.54, 1.807) is 36.4 Å². The highest BCUT2D eigenvalue weighted by Crippen LogP contribution is 2.49. The minimum absolute atomic E-state index is 0.0262. The molecule has 0 aromatic heterocycles. The largest absolute Gasteiger partial charge is 0.507 e. The maximum absolute atomic E-state index is 12.7. The first kappa shape index (κ1) is 45.1. The molecule has 0 amide bonds. The smallest absolute Gasteiger partial charge is 0.343 e. The maximum atomic E-state index is 12.7. The number of carbonyl (C=O) groups excluding carboxylic acids is 5. The van der Waals surface area contributed by atoms with Gasteiger partial charge in [0.15, 0.2) is 22.7 Å². The van der Waals surface area contributed by atoms with Crippen molar-refractivity contribution in [1.29, 1.82) is 0 Å². The van der Waals surface area contributed by atoms with Crippen LogP contribution >= 0.6 is 46.4 Å². The lowest BCUT2D eigenvalue weighted by atomic mass is 9.81. The van der Waals surface area contributed by atoms with Crippen LogP contribution in [0.25, 0.3) is 11.1 Å². The normalized spacial score (nSPS) is 24.2. The summed E-state index contributed by atoms with van der Waals surface area (Å²) in [6.45, 7) is 8.86. The third-order valence-electron chi connectivity index (χ3n) is 9.51. The number of hydrogen-bond acceptors (Lipinski definition) is 12. The summed E-state index contributed by atoms with van der Waals surface area (Å²) >= 11 is 24.3. The molecule has 2 aliphatic heterocycles. The highest BCUT2D eigenvalue weighted by atomic mass is 35.5. The molecule has 1 N–H and O–H groups in total. The van der Waals surface area contributed by atoms with Crippen LogP contribution in [0.4, 0.5) is 0 Å². The third-order valence-corrected chi connectivity index (χ3v) is 10.6. The lowest BCUT2D eigenvalue weighted by molar-refractivity contribution is -0.157. The highest BCUT2D eigenvalue weighted by Gasteiger charge is 2.53. The van der Waals surface area contributed by atoms with Gasteiger partial charge >= 0.3 is 29.8 Å². The lowest BCUT2D eigenvalue weighted by Crippen LogP contribution is -2.40. The fourth-order valence-corrected chi connectivity index (χ4v) is 8.13. The summed E-state index contributed by atoms with van der Waals surface area (Å²) in [5.41, 5.74) is -0.667. The molecule has 12 nitrogen and oxygen atoms in total. The molecule has 6 rings (SSSR count). The summed E-state index contributed by atoms with van der Waals surface area (Å²) < 4.78 is 32.1. The molecular weight excluding hydrogens is 814 g/mol. The van der Waals surface area contributed by atoms with Gasteiger partial charge in [-0.25, -0.2) is 9.59 Å². The highest BCUT2D eigenvalue weighted by molar-refractivity contribution is 6.38. The number of rotatable bonds is 7. The monoisotopic (exact) mass is 856 g/mol. The van der Waals surface area contributed by atoms with Gasteiger partial charge < -0.3 is 33.5 Å². The van der Waals surface area contributed by atoms with Gasteiger partial charge in [0.2, 0.25) is 0 Å². The molecule has 16 heteroatoms. The molecule has 2 saturated carbocycles. The van der Waals surface area contributed by atoms with Gasteiger partial charge in [0.05, 0.1) is 22.3 Å². The summed E-state index contributed by atoms with van der Waals surface area (Å²) in [6.07, 6.45) is 5.34. The fourth-order valence-electron chi connectivity index (χ4n) is 7.13. The zero-order chi connectivity index (χ0) is 41.4. The predicted octanol–water partition coefficient (Wildman–Crippen LogP) is 9.18. The molecule has 0 saturated heterocycles. The average molecular weight is 859 g/mol. The Morgan fingerprint density at radius 2 is 1.09 bits per heavy atom. The van der Waals surface area contributed by atoms with Gasteiger partial charge in [-0.2, -0.15) is 0 Å². The van der Waals surface area contributed by atoms with E-state index >= 15 is 0 Å². The van der Waals surface area contributed by atoms with Crippen molar-refractivity contribution in [3.05, 3.63) is 79.1 Å². The number of esters is 5. The second kappa shape index (κ2) is 19.7. The summed E-state index contributed by atoms with van der Waals surface area (Å²) in [7, 11) is 0. The van der Waals surface area contributed by atoms with Crippen molar-refractivity contribution >= 4 is 87.4 Å². The molecule has 4 aliphatic rings. The molecule has 56 heavy (non-hydrogen) atoms. The quantitative estimate of drug-likeness (QED) is 0.160. The van der Waals surface area contributed by atoms with Crippen molar-refractivity contribution in [2.24, 2.45) is 0 Å². The zero-order valence-corrected chi connectivity index (χ0v) is 34.7. The molecule has 0 radical (unpaired) electrons. The van der Waals surface area contributed by atoms with Crippen LogP contribution in [0, 0.1) is 0 Å². The van der Waals surface area contributed by atoms with E-state index in [0.29, 0.717) is 83.0 Å². The van der Waals surface area contributed by atoms with Gasteiger partial charge in [-0.05, 0) is 89.5 Å². The van der Waals surface area contributed by atoms with Crippen LogP contribution in [-0.4, -0.2) is 71.6 Å². The Morgan fingerprint density at radius 1 is 0.679 bits per heavy atom. The lowest BCUT2D eigenvalue weighted by Gasteiger charge is -2.36. The summed E-state index contributed by atoms with van der Waals surface area (Å²) in [5, 5.41) is 12.2. The molecule has 2 aromatic rings. The van der Waals surface area contributed by atoms with E-state index in [4.69, 9.17) is 70.1 Å². The van der Waals surface area contributed by atoms with Crippen molar-refractivity contribution in [2.45, 2.75) is 109 Å². The van der Waals surface area contributed by atoms with Crippen LogP contribution < -0.4 is 0 Å². The first-order valence-corrected chi connectivity index (χ1v) is 19.6. The average Bonchev–Trinajstić information content (AvgIpc) is 3.50. The maximum Gasteiger partial charge on any atom is 0.343 e. The first-order valence-electron chi connectivity index (χ1n) is 18.1. The number of halogens is 4. The van der Waals surface area contributed by atoms with Crippen molar-refractivity contribution in [2.75, 3.05) is 13.2 Å². The molecule has 0 bridgehead atoms. The van der Waals surface area contributed by atoms with Crippen molar-refractivity contribution < 1.29 is 57.5 Å². The molecule has 2 aliphatic carbocycles. The van der Waals surface area contributed by atoms with E-state index in [-0.39, 0.29) is 34.9 Å². The zero-order valence-electron chi connectivity index (χ0n) is 31.6. The Balaban J connectivity index is 0.000000214. The number of hydrogen-bond donors (Lipinski definition) is 1. The van der Waals surface area contributed by atoms with E-state index < -0.39 is 41.0 Å². The third kappa shape index (κ3) is 10.8. The van der Waals surface area contributed by atoms with Gasteiger partial charge in [-0.3, -0.25) is 14.4 Å². The van der Waals surface area contributed by atoms with Crippen LogP contribution in [0.3, 0.4) is 0 Å². The molecule has 2 spiro atoms. The van der Waals surface area contributed by atoms with Gasteiger partial charge in [0.1, 0.15) is 11.1 Å². The van der Waals surface area contributed by atoms with Crippen LogP contribution in [0.5, 0.6) is 0 Å². The Kier molecular flexibility index (Phi) is 15.8. The predicted molar refractivity (Wildman–Crippen MR) is 209 cm³/mol. The molecule has 2 heterocycles. The minimum atomic E-state index is -0.950. The van der Waals surface area contributed by atoms with Crippen molar-refractivity contribution in [3.8, 4) is 0 Å². The number of benzene rings is 2. The van der Waals surface area contributed by atoms with E-state index in [1.807, 2.05) is 13.8 Å². The summed E-state index contributed by atoms with van der Waals surface area (Å²) in [6, 6.07) is 9.61. The SMILES string of the molecule is CC(=O)OC(C)=O.CCOC1CCC2(CC1)OC(=O)C(c1ccc(Cl)cc1Cl)=C2O.CCOC1CCC2(CC1)OC(=O)C(c1ccc(Cl)cc1Cl)=C2OC(C)=O. The Hall–Kier alpha value is -3.65. The van der Waals surface area contributed by atoms with E-state index in [9.17, 15) is 29.1 Å². The molecule has 304 valence electrons. The molecular formula is C40H44Cl4O12. The molecule has 0 atom stereocenters. The Labute approximate surface area is 345 Å². The molecule has 2 aromatic carbocycles. The number of ether oxygens (including phenoxy) is 6.